The summed E-state index contributed by atoms with van der Waals surface area (Å²) in [6, 6.07) is 10.3. The molecule has 0 N–H and O–H groups in total. The Kier molecular flexibility index (Phi) is 4.34. The van der Waals surface area contributed by atoms with Gasteiger partial charge in [-0.15, -0.1) is 10.2 Å². The van der Waals surface area contributed by atoms with E-state index < -0.39 is 0 Å². The molecule has 0 aliphatic heterocycles. The van der Waals surface area contributed by atoms with E-state index >= 15 is 0 Å². The van der Waals surface area contributed by atoms with E-state index in [1.54, 1.807) is 18.0 Å². The van der Waals surface area contributed by atoms with Gasteiger partial charge in [-0.25, -0.2) is 0 Å². The molecule has 0 saturated carbocycles. The molecule has 0 saturated heterocycles. The predicted molar refractivity (Wildman–Crippen MR) is 88.9 cm³/mol. The zero-order valence-electron chi connectivity index (χ0n) is 13.0. The van der Waals surface area contributed by atoms with Gasteiger partial charge in [0.25, 0.3) is 0 Å². The van der Waals surface area contributed by atoms with Crippen LogP contribution in [0.25, 0.3) is 11.6 Å². The van der Waals surface area contributed by atoms with Crippen LogP contribution in [-0.4, -0.2) is 14.8 Å². The summed E-state index contributed by atoms with van der Waals surface area (Å²) in [6.45, 7) is 7.18. The standard InChI is InChI=1S/C17H19N3OS/c1-4-20-16(15-6-5-9-21-15)18-19-17(20)22-11-14-10-12(2)7-8-13(14)3/h5-10H,4,11H2,1-3H3. The van der Waals surface area contributed by atoms with Crippen LogP contribution in [0.1, 0.15) is 23.6 Å². The van der Waals surface area contributed by atoms with Crippen LogP contribution in [0.4, 0.5) is 0 Å². The van der Waals surface area contributed by atoms with E-state index in [0.29, 0.717) is 0 Å². The average Bonchev–Trinajstić information content (AvgIpc) is 3.16. The van der Waals surface area contributed by atoms with Gasteiger partial charge in [0, 0.05) is 12.3 Å². The summed E-state index contributed by atoms with van der Waals surface area (Å²) < 4.78 is 7.53. The van der Waals surface area contributed by atoms with E-state index in [0.717, 1.165) is 29.0 Å². The van der Waals surface area contributed by atoms with Gasteiger partial charge in [-0.2, -0.15) is 0 Å². The number of rotatable bonds is 5. The van der Waals surface area contributed by atoms with Crippen LogP contribution in [0.5, 0.6) is 0 Å². The lowest BCUT2D eigenvalue weighted by atomic mass is 10.1. The van der Waals surface area contributed by atoms with Crippen molar-refractivity contribution >= 4 is 11.8 Å². The zero-order chi connectivity index (χ0) is 15.5. The van der Waals surface area contributed by atoms with Gasteiger partial charge in [0.05, 0.1) is 6.26 Å². The van der Waals surface area contributed by atoms with Crippen molar-refractivity contribution in [3.05, 3.63) is 53.3 Å². The highest BCUT2D eigenvalue weighted by molar-refractivity contribution is 7.98. The van der Waals surface area contributed by atoms with Crippen molar-refractivity contribution in [1.82, 2.24) is 14.8 Å². The Balaban J connectivity index is 1.83. The van der Waals surface area contributed by atoms with Crippen molar-refractivity contribution in [1.29, 1.82) is 0 Å². The van der Waals surface area contributed by atoms with Crippen molar-refractivity contribution < 1.29 is 4.42 Å². The van der Waals surface area contributed by atoms with Crippen molar-refractivity contribution in [3.8, 4) is 11.6 Å². The van der Waals surface area contributed by atoms with Gasteiger partial charge in [0.2, 0.25) is 0 Å². The number of nitrogens with zero attached hydrogens (tertiary/aromatic N) is 3. The van der Waals surface area contributed by atoms with Crippen LogP contribution >= 0.6 is 11.8 Å². The van der Waals surface area contributed by atoms with Gasteiger partial charge < -0.3 is 4.42 Å². The van der Waals surface area contributed by atoms with Crippen molar-refractivity contribution in [2.75, 3.05) is 0 Å². The van der Waals surface area contributed by atoms with E-state index in [4.69, 9.17) is 4.42 Å². The van der Waals surface area contributed by atoms with Crippen LogP contribution in [-0.2, 0) is 12.3 Å². The molecule has 0 fully saturated rings. The van der Waals surface area contributed by atoms with Crippen molar-refractivity contribution in [3.63, 3.8) is 0 Å². The highest BCUT2D eigenvalue weighted by atomic mass is 32.2. The van der Waals surface area contributed by atoms with E-state index in [-0.39, 0.29) is 0 Å². The Hall–Kier alpha value is -2.01. The fourth-order valence-electron chi connectivity index (χ4n) is 2.37. The summed E-state index contributed by atoms with van der Waals surface area (Å²) in [4.78, 5) is 0. The van der Waals surface area contributed by atoms with Crippen molar-refractivity contribution in [2.24, 2.45) is 0 Å². The van der Waals surface area contributed by atoms with E-state index in [1.807, 2.05) is 12.1 Å². The largest absolute Gasteiger partial charge is 0.461 e. The van der Waals surface area contributed by atoms with Crippen LogP contribution in [0, 0.1) is 13.8 Å². The number of benzene rings is 1. The van der Waals surface area contributed by atoms with Crippen LogP contribution in [0.2, 0.25) is 0 Å². The van der Waals surface area contributed by atoms with Crippen LogP contribution < -0.4 is 0 Å². The molecular weight excluding hydrogens is 294 g/mol. The quantitative estimate of drug-likeness (QED) is 0.652. The molecule has 0 amide bonds. The summed E-state index contributed by atoms with van der Waals surface area (Å²) in [5, 5.41) is 9.53. The van der Waals surface area contributed by atoms with E-state index in [2.05, 4.69) is 53.7 Å². The number of furan rings is 1. The molecule has 114 valence electrons. The molecule has 0 aliphatic rings. The second kappa shape index (κ2) is 6.40. The summed E-state index contributed by atoms with van der Waals surface area (Å²) >= 11 is 1.71. The monoisotopic (exact) mass is 313 g/mol. The van der Waals surface area contributed by atoms with Gasteiger partial charge in [0.15, 0.2) is 16.7 Å². The maximum atomic E-state index is 5.44. The number of hydrogen-bond acceptors (Lipinski definition) is 4. The number of aromatic nitrogens is 3. The number of thioether (sulfide) groups is 1. The first-order chi connectivity index (χ1) is 10.7. The maximum Gasteiger partial charge on any atom is 0.200 e. The normalized spacial score (nSPS) is 11.0. The first-order valence-electron chi connectivity index (χ1n) is 7.35. The topological polar surface area (TPSA) is 43.9 Å². The van der Waals surface area contributed by atoms with Crippen LogP contribution in [0.3, 0.4) is 0 Å². The maximum absolute atomic E-state index is 5.44. The molecule has 3 aromatic rings. The Morgan fingerprint density at radius 1 is 1.18 bits per heavy atom. The molecular formula is C17H19N3OS. The third-order valence-corrected chi connectivity index (χ3v) is 4.65. The van der Waals surface area contributed by atoms with Gasteiger partial charge in [-0.05, 0) is 44.0 Å². The van der Waals surface area contributed by atoms with Gasteiger partial charge in [-0.1, -0.05) is 35.5 Å². The Labute approximate surface area is 134 Å². The second-order valence-corrected chi connectivity index (χ2v) is 6.19. The lowest BCUT2D eigenvalue weighted by Crippen LogP contribution is -1.99. The van der Waals surface area contributed by atoms with Gasteiger partial charge in [0.1, 0.15) is 0 Å². The molecule has 5 heteroatoms. The molecule has 0 spiro atoms. The third kappa shape index (κ3) is 2.95. The molecule has 0 bridgehead atoms. The smallest absolute Gasteiger partial charge is 0.200 e. The minimum absolute atomic E-state index is 0.757. The average molecular weight is 313 g/mol. The molecule has 0 radical (unpaired) electrons. The Bertz CT molecular complexity index is 762. The summed E-state index contributed by atoms with van der Waals surface area (Å²) in [5.74, 6) is 2.44. The Morgan fingerprint density at radius 3 is 2.77 bits per heavy atom. The highest BCUT2D eigenvalue weighted by Gasteiger charge is 2.15. The summed E-state index contributed by atoms with van der Waals surface area (Å²) in [5.41, 5.74) is 3.94. The molecule has 2 aromatic heterocycles. The molecule has 0 unspecified atom stereocenters. The number of hydrogen-bond donors (Lipinski definition) is 0. The van der Waals surface area contributed by atoms with Gasteiger partial charge in [-0.3, -0.25) is 4.57 Å². The molecule has 0 aliphatic carbocycles. The fourth-order valence-corrected chi connectivity index (χ4v) is 3.43. The molecule has 1 aromatic carbocycles. The molecule has 22 heavy (non-hydrogen) atoms. The molecule has 3 rings (SSSR count). The minimum atomic E-state index is 0.757. The minimum Gasteiger partial charge on any atom is -0.461 e. The molecule has 2 heterocycles. The highest BCUT2D eigenvalue weighted by Crippen LogP contribution is 2.27. The molecule has 4 nitrogen and oxygen atoms in total. The van der Waals surface area contributed by atoms with Crippen LogP contribution in [0.15, 0.2) is 46.2 Å². The van der Waals surface area contributed by atoms with Crippen molar-refractivity contribution in [2.45, 2.75) is 38.2 Å². The molecule has 0 atom stereocenters. The summed E-state index contributed by atoms with van der Waals surface area (Å²) in [6.07, 6.45) is 1.66. The van der Waals surface area contributed by atoms with E-state index in [1.165, 1.54) is 16.7 Å². The first kappa shape index (κ1) is 14.9. The predicted octanol–water partition coefficient (Wildman–Crippen LogP) is 4.47. The number of aryl methyl sites for hydroxylation is 2. The SMILES string of the molecule is CCn1c(SCc2cc(C)ccc2C)nnc1-c1ccco1. The fraction of sp³-hybridized carbons (Fsp3) is 0.294. The Morgan fingerprint density at radius 2 is 2.05 bits per heavy atom. The first-order valence-corrected chi connectivity index (χ1v) is 8.33. The van der Waals surface area contributed by atoms with Gasteiger partial charge >= 0.3 is 0 Å². The second-order valence-electron chi connectivity index (χ2n) is 5.25. The summed E-state index contributed by atoms with van der Waals surface area (Å²) in [7, 11) is 0. The van der Waals surface area contributed by atoms with E-state index in [9.17, 15) is 0 Å². The lowest BCUT2D eigenvalue weighted by molar-refractivity contribution is 0.567. The zero-order valence-corrected chi connectivity index (χ0v) is 13.9. The lowest BCUT2D eigenvalue weighted by Gasteiger charge is -2.08. The third-order valence-electron chi connectivity index (χ3n) is 3.64.